The lowest BCUT2D eigenvalue weighted by Gasteiger charge is -2.18. The highest BCUT2D eigenvalue weighted by Crippen LogP contribution is 2.26. The van der Waals surface area contributed by atoms with Crippen molar-refractivity contribution in [2.75, 3.05) is 5.32 Å². The molecule has 0 fully saturated rings. The minimum atomic E-state index is -0.395. The van der Waals surface area contributed by atoms with E-state index in [1.54, 1.807) is 0 Å². The first kappa shape index (κ1) is 14.5. The predicted molar refractivity (Wildman–Crippen MR) is 84.3 cm³/mol. The Morgan fingerprint density at radius 3 is 2.10 bits per heavy atom. The second-order valence-corrected chi connectivity index (χ2v) is 5.64. The molecule has 0 aromatic heterocycles. The number of hydrogen-bond acceptors (Lipinski definition) is 3. The van der Waals surface area contributed by atoms with Crippen molar-refractivity contribution >= 4 is 5.69 Å². The zero-order chi connectivity index (χ0) is 14.9. The van der Waals surface area contributed by atoms with Gasteiger partial charge in [-0.1, -0.05) is 45.0 Å². The van der Waals surface area contributed by atoms with Gasteiger partial charge in [-0.15, -0.1) is 0 Å². The van der Waals surface area contributed by atoms with Crippen molar-refractivity contribution in [1.29, 1.82) is 0 Å². The fraction of sp³-hybridized carbons (Fsp3) is 0.412. The summed E-state index contributed by atoms with van der Waals surface area (Å²) in [4.78, 5) is 23.5. The number of nitrogens with one attached hydrogen (secondary N) is 1. The van der Waals surface area contributed by atoms with Crippen molar-refractivity contribution in [3.63, 3.8) is 0 Å². The monoisotopic (exact) mass is 271 g/mol. The number of rotatable bonds is 5. The maximum atomic E-state index is 11.8. The molecule has 0 amide bonds. The van der Waals surface area contributed by atoms with E-state index in [0.29, 0.717) is 17.2 Å². The van der Waals surface area contributed by atoms with Gasteiger partial charge in [-0.25, -0.2) is 0 Å². The normalized spacial score (nSPS) is 12.8. The van der Waals surface area contributed by atoms with Gasteiger partial charge in [-0.2, -0.15) is 0 Å². The van der Waals surface area contributed by atoms with Crippen LogP contribution in [0.3, 0.4) is 0 Å². The molecule has 2 rings (SSSR count). The molecule has 0 spiro atoms. The fourth-order valence-electron chi connectivity index (χ4n) is 2.19. The topological polar surface area (TPSA) is 46.2 Å². The third kappa shape index (κ3) is 2.53. The summed E-state index contributed by atoms with van der Waals surface area (Å²) in [5.41, 5.74) is 2.28. The van der Waals surface area contributed by atoms with Crippen molar-refractivity contribution < 1.29 is 0 Å². The zero-order valence-electron chi connectivity index (χ0n) is 12.5. The molecule has 2 aromatic carbocycles. The van der Waals surface area contributed by atoms with Crippen LogP contribution in [0.2, 0.25) is 0 Å². The van der Waals surface area contributed by atoms with Crippen LogP contribution in [0.1, 0.15) is 45.6 Å². The van der Waals surface area contributed by atoms with Gasteiger partial charge in [-0.05, 0) is 30.4 Å². The Labute approximate surface area is 119 Å². The minimum Gasteiger partial charge on any atom is -0.379 e. The van der Waals surface area contributed by atoms with Crippen LogP contribution in [0, 0.1) is 0 Å². The van der Waals surface area contributed by atoms with Crippen molar-refractivity contribution in [3.8, 4) is 11.1 Å². The van der Waals surface area contributed by atoms with Gasteiger partial charge < -0.3 is 5.32 Å². The Bertz CT molecular complexity index is 661. The number of hydrogen-bond donors (Lipinski definition) is 1. The SMILES string of the molecule is CC[C@@H](C)Nc1c(-c2ccc(C(C)C)cc2)c(=O)c1=O. The van der Waals surface area contributed by atoms with Gasteiger partial charge >= 0.3 is 0 Å². The second-order valence-electron chi connectivity index (χ2n) is 5.64. The van der Waals surface area contributed by atoms with E-state index in [0.717, 1.165) is 12.0 Å². The molecule has 0 aliphatic carbocycles. The highest BCUT2D eigenvalue weighted by atomic mass is 16.2. The molecule has 0 heterocycles. The van der Waals surface area contributed by atoms with E-state index in [1.165, 1.54) is 5.56 Å². The third-order valence-electron chi connectivity index (χ3n) is 3.78. The number of benzene rings is 1. The Balaban J connectivity index is 2.36. The van der Waals surface area contributed by atoms with Crippen LogP contribution in [-0.2, 0) is 0 Å². The van der Waals surface area contributed by atoms with E-state index in [-0.39, 0.29) is 11.5 Å². The summed E-state index contributed by atoms with van der Waals surface area (Å²) in [6.07, 6.45) is 0.907. The smallest absolute Gasteiger partial charge is 0.250 e. The van der Waals surface area contributed by atoms with Gasteiger partial charge in [0, 0.05) is 6.04 Å². The van der Waals surface area contributed by atoms with E-state index in [9.17, 15) is 9.59 Å². The van der Waals surface area contributed by atoms with Crippen LogP contribution in [-0.4, -0.2) is 6.04 Å². The molecule has 0 saturated heterocycles. The van der Waals surface area contributed by atoms with E-state index < -0.39 is 5.43 Å². The molecule has 0 aliphatic heterocycles. The van der Waals surface area contributed by atoms with Crippen molar-refractivity contribution in [2.45, 2.75) is 46.1 Å². The quantitative estimate of drug-likeness (QED) is 0.849. The largest absolute Gasteiger partial charge is 0.379 e. The first-order chi connectivity index (χ1) is 9.45. The Morgan fingerprint density at radius 1 is 1.00 bits per heavy atom. The predicted octanol–water partition coefficient (Wildman–Crippen LogP) is 3.28. The summed E-state index contributed by atoms with van der Waals surface area (Å²) in [7, 11) is 0. The molecule has 0 unspecified atom stereocenters. The highest BCUT2D eigenvalue weighted by molar-refractivity contribution is 5.82. The van der Waals surface area contributed by atoms with Gasteiger partial charge in [-0.3, -0.25) is 9.59 Å². The first-order valence-electron chi connectivity index (χ1n) is 7.15. The molecular weight excluding hydrogens is 250 g/mol. The fourth-order valence-corrected chi connectivity index (χ4v) is 2.19. The Kier molecular flexibility index (Phi) is 4.07. The maximum Gasteiger partial charge on any atom is 0.250 e. The molecular formula is C17H21NO2. The van der Waals surface area contributed by atoms with Crippen molar-refractivity contribution in [3.05, 3.63) is 50.3 Å². The standard InChI is InChI=1S/C17H21NO2/c1-5-11(4)18-15-14(16(19)17(15)20)13-8-6-12(7-9-13)10(2)3/h6-11,18H,5H2,1-4H3/t11-/m1/s1. The molecule has 3 nitrogen and oxygen atoms in total. The number of anilines is 1. The summed E-state index contributed by atoms with van der Waals surface area (Å²) in [6, 6.07) is 8.07. The third-order valence-corrected chi connectivity index (χ3v) is 3.78. The summed E-state index contributed by atoms with van der Waals surface area (Å²) in [6.45, 7) is 8.30. The Hall–Kier alpha value is -1.90. The molecule has 1 atom stereocenters. The van der Waals surface area contributed by atoms with Crippen LogP contribution in [0.4, 0.5) is 5.69 Å². The summed E-state index contributed by atoms with van der Waals surface area (Å²) < 4.78 is 0. The molecule has 1 N–H and O–H groups in total. The van der Waals surface area contributed by atoms with Gasteiger partial charge in [0.25, 0.3) is 0 Å². The van der Waals surface area contributed by atoms with Gasteiger partial charge in [0.2, 0.25) is 10.9 Å². The minimum absolute atomic E-state index is 0.187. The van der Waals surface area contributed by atoms with Crippen LogP contribution in [0.5, 0.6) is 0 Å². The van der Waals surface area contributed by atoms with Crippen LogP contribution in [0.25, 0.3) is 11.1 Å². The second kappa shape index (κ2) is 5.61. The van der Waals surface area contributed by atoms with E-state index in [4.69, 9.17) is 0 Å². The first-order valence-corrected chi connectivity index (χ1v) is 7.15. The molecule has 2 aromatic rings. The maximum absolute atomic E-state index is 11.8. The van der Waals surface area contributed by atoms with E-state index in [1.807, 2.05) is 38.1 Å². The lowest BCUT2D eigenvalue weighted by molar-refractivity contribution is 0.762. The van der Waals surface area contributed by atoms with Gasteiger partial charge in [0.05, 0.1) is 11.3 Å². The molecule has 0 saturated carbocycles. The zero-order valence-corrected chi connectivity index (χ0v) is 12.5. The van der Waals surface area contributed by atoms with Gasteiger partial charge in [0.1, 0.15) is 0 Å². The average Bonchev–Trinajstić information content (AvgIpc) is 2.46. The van der Waals surface area contributed by atoms with E-state index in [2.05, 4.69) is 19.2 Å². The van der Waals surface area contributed by atoms with Crippen molar-refractivity contribution in [1.82, 2.24) is 0 Å². The lowest BCUT2D eigenvalue weighted by atomic mass is 9.95. The van der Waals surface area contributed by atoms with Crippen LogP contribution in [0.15, 0.2) is 33.9 Å². The molecule has 0 radical (unpaired) electrons. The van der Waals surface area contributed by atoms with Crippen LogP contribution < -0.4 is 16.2 Å². The lowest BCUT2D eigenvalue weighted by Crippen LogP contribution is -2.38. The molecule has 0 aliphatic rings. The molecule has 106 valence electrons. The van der Waals surface area contributed by atoms with Crippen molar-refractivity contribution in [2.24, 2.45) is 0 Å². The molecule has 3 heteroatoms. The highest BCUT2D eigenvalue weighted by Gasteiger charge is 2.22. The average molecular weight is 271 g/mol. The van der Waals surface area contributed by atoms with Crippen LogP contribution >= 0.6 is 0 Å². The van der Waals surface area contributed by atoms with E-state index >= 15 is 0 Å². The molecule has 0 bridgehead atoms. The summed E-state index contributed by atoms with van der Waals surface area (Å²) in [5, 5.41) is 3.14. The molecule has 20 heavy (non-hydrogen) atoms. The summed E-state index contributed by atoms with van der Waals surface area (Å²) in [5.74, 6) is 0.453. The Morgan fingerprint density at radius 2 is 1.60 bits per heavy atom. The summed E-state index contributed by atoms with van der Waals surface area (Å²) >= 11 is 0. The van der Waals surface area contributed by atoms with Gasteiger partial charge in [0.15, 0.2) is 0 Å².